The number of urea groups is 1. The maximum atomic E-state index is 11.9. The number of rotatable bonds is 8. The maximum Gasteiger partial charge on any atom is 0.312 e. The standard InChI is InChI=1S/C15H21N3O4/c1-10-5-2-3-6-11(10)12(18-15(16)22)9-13(19)17-8-4-7-14(20)21/h2-3,5-6,12H,4,7-9H2,1H3,(H,17,19)(H,20,21)(H3,16,18,22). The van der Waals surface area contributed by atoms with Crippen LogP contribution >= 0.6 is 0 Å². The Kier molecular flexibility index (Phi) is 6.88. The zero-order valence-corrected chi connectivity index (χ0v) is 12.5. The molecule has 22 heavy (non-hydrogen) atoms. The number of carbonyl (C=O) groups is 3. The molecule has 0 saturated carbocycles. The predicted molar refractivity (Wildman–Crippen MR) is 81.1 cm³/mol. The molecule has 0 fully saturated rings. The van der Waals surface area contributed by atoms with Crippen LogP contribution in [0.25, 0.3) is 0 Å². The summed E-state index contributed by atoms with van der Waals surface area (Å²) in [7, 11) is 0. The number of primary amides is 1. The SMILES string of the molecule is Cc1ccccc1C(CC(=O)NCCCC(=O)O)NC(N)=O. The Morgan fingerprint density at radius 3 is 2.55 bits per heavy atom. The summed E-state index contributed by atoms with van der Waals surface area (Å²) >= 11 is 0. The average Bonchev–Trinajstić information content (AvgIpc) is 2.43. The smallest absolute Gasteiger partial charge is 0.312 e. The summed E-state index contributed by atoms with van der Waals surface area (Å²) in [6.45, 7) is 2.16. The fourth-order valence-electron chi connectivity index (χ4n) is 2.11. The van der Waals surface area contributed by atoms with Crippen LogP contribution in [0.5, 0.6) is 0 Å². The van der Waals surface area contributed by atoms with Gasteiger partial charge in [0.15, 0.2) is 0 Å². The van der Waals surface area contributed by atoms with Crippen LogP contribution in [0, 0.1) is 6.92 Å². The number of carboxylic acid groups (broad SMARTS) is 1. The molecule has 3 amide bonds. The summed E-state index contributed by atoms with van der Waals surface area (Å²) in [6.07, 6.45) is 0.404. The molecule has 1 aromatic carbocycles. The highest BCUT2D eigenvalue weighted by Gasteiger charge is 2.18. The van der Waals surface area contributed by atoms with Crippen LogP contribution in [0.15, 0.2) is 24.3 Å². The summed E-state index contributed by atoms with van der Waals surface area (Å²) in [5.41, 5.74) is 6.93. The van der Waals surface area contributed by atoms with Crippen LogP contribution in [0.3, 0.4) is 0 Å². The van der Waals surface area contributed by atoms with Gasteiger partial charge in [0.2, 0.25) is 5.91 Å². The van der Waals surface area contributed by atoms with Crippen molar-refractivity contribution in [2.24, 2.45) is 5.73 Å². The Bertz CT molecular complexity index is 545. The normalized spacial score (nSPS) is 11.5. The molecular weight excluding hydrogens is 286 g/mol. The van der Waals surface area contributed by atoms with E-state index in [0.29, 0.717) is 6.42 Å². The lowest BCUT2D eigenvalue weighted by molar-refractivity contribution is -0.137. The highest BCUT2D eigenvalue weighted by molar-refractivity contribution is 5.79. The molecule has 1 aromatic rings. The quantitative estimate of drug-likeness (QED) is 0.537. The number of nitrogens with two attached hydrogens (primary N) is 1. The van der Waals surface area contributed by atoms with E-state index in [4.69, 9.17) is 10.8 Å². The Balaban J connectivity index is 2.62. The van der Waals surface area contributed by atoms with Crippen molar-refractivity contribution in [2.45, 2.75) is 32.2 Å². The third-order valence-corrected chi connectivity index (χ3v) is 3.16. The number of benzene rings is 1. The van der Waals surface area contributed by atoms with E-state index in [-0.39, 0.29) is 25.3 Å². The van der Waals surface area contributed by atoms with Gasteiger partial charge in [-0.25, -0.2) is 4.79 Å². The second-order valence-corrected chi connectivity index (χ2v) is 4.97. The topological polar surface area (TPSA) is 122 Å². The van der Waals surface area contributed by atoms with Crippen LogP contribution in [0.2, 0.25) is 0 Å². The second kappa shape index (κ2) is 8.66. The third kappa shape index (κ3) is 6.25. The van der Waals surface area contributed by atoms with Crippen molar-refractivity contribution in [1.29, 1.82) is 0 Å². The van der Waals surface area contributed by atoms with Crippen molar-refractivity contribution in [3.8, 4) is 0 Å². The van der Waals surface area contributed by atoms with Gasteiger partial charge in [0.1, 0.15) is 0 Å². The van der Waals surface area contributed by atoms with E-state index < -0.39 is 18.0 Å². The van der Waals surface area contributed by atoms with Crippen LogP contribution in [0.4, 0.5) is 4.79 Å². The van der Waals surface area contributed by atoms with Gasteiger partial charge in [-0.3, -0.25) is 9.59 Å². The van der Waals surface area contributed by atoms with Gasteiger partial charge in [-0.05, 0) is 24.5 Å². The second-order valence-electron chi connectivity index (χ2n) is 4.97. The molecule has 0 aliphatic carbocycles. The fraction of sp³-hybridized carbons (Fsp3) is 0.400. The molecule has 0 aromatic heterocycles. The van der Waals surface area contributed by atoms with Crippen LogP contribution in [-0.4, -0.2) is 29.6 Å². The minimum atomic E-state index is -0.901. The van der Waals surface area contributed by atoms with Crippen molar-refractivity contribution < 1.29 is 19.5 Å². The first-order valence-electron chi connectivity index (χ1n) is 7.00. The van der Waals surface area contributed by atoms with Crippen molar-refractivity contribution in [2.75, 3.05) is 6.54 Å². The molecule has 5 N–H and O–H groups in total. The van der Waals surface area contributed by atoms with Gasteiger partial charge in [0.05, 0.1) is 12.5 Å². The molecule has 0 saturated heterocycles. The molecular formula is C15H21N3O4. The van der Waals surface area contributed by atoms with E-state index in [1.54, 1.807) is 0 Å². The summed E-state index contributed by atoms with van der Waals surface area (Å²) in [5, 5.41) is 13.7. The van der Waals surface area contributed by atoms with Crippen molar-refractivity contribution in [3.05, 3.63) is 35.4 Å². The number of hydrogen-bond acceptors (Lipinski definition) is 3. The molecule has 0 radical (unpaired) electrons. The van der Waals surface area contributed by atoms with Gasteiger partial charge in [0, 0.05) is 13.0 Å². The van der Waals surface area contributed by atoms with Gasteiger partial charge in [-0.1, -0.05) is 24.3 Å². The van der Waals surface area contributed by atoms with Crippen molar-refractivity contribution in [1.82, 2.24) is 10.6 Å². The Morgan fingerprint density at radius 1 is 1.27 bits per heavy atom. The summed E-state index contributed by atoms with van der Waals surface area (Å²) in [4.78, 5) is 33.4. The first-order chi connectivity index (χ1) is 10.4. The Labute approximate surface area is 128 Å². The monoisotopic (exact) mass is 307 g/mol. The molecule has 0 aliphatic rings. The van der Waals surface area contributed by atoms with E-state index in [0.717, 1.165) is 11.1 Å². The zero-order valence-electron chi connectivity index (χ0n) is 12.5. The molecule has 7 nitrogen and oxygen atoms in total. The van der Waals surface area contributed by atoms with Gasteiger partial charge in [-0.2, -0.15) is 0 Å². The lowest BCUT2D eigenvalue weighted by atomic mass is 9.98. The van der Waals surface area contributed by atoms with E-state index in [1.807, 2.05) is 31.2 Å². The number of amides is 3. The highest BCUT2D eigenvalue weighted by atomic mass is 16.4. The predicted octanol–water partition coefficient (Wildman–Crippen LogP) is 1.08. The lowest BCUT2D eigenvalue weighted by Crippen LogP contribution is -2.37. The van der Waals surface area contributed by atoms with Crippen molar-refractivity contribution in [3.63, 3.8) is 0 Å². The molecule has 1 atom stereocenters. The number of hydrogen-bond donors (Lipinski definition) is 4. The fourth-order valence-corrected chi connectivity index (χ4v) is 2.11. The minimum absolute atomic E-state index is 0.00103. The molecule has 7 heteroatoms. The van der Waals surface area contributed by atoms with Gasteiger partial charge < -0.3 is 21.5 Å². The average molecular weight is 307 g/mol. The van der Waals surface area contributed by atoms with E-state index in [1.165, 1.54) is 0 Å². The van der Waals surface area contributed by atoms with Crippen LogP contribution < -0.4 is 16.4 Å². The Hall–Kier alpha value is -2.57. The van der Waals surface area contributed by atoms with Crippen LogP contribution in [0.1, 0.15) is 36.4 Å². The summed E-state index contributed by atoms with van der Waals surface area (Å²) in [6, 6.07) is 6.18. The molecule has 1 unspecified atom stereocenters. The first kappa shape index (κ1) is 17.5. The van der Waals surface area contributed by atoms with Crippen LogP contribution in [-0.2, 0) is 9.59 Å². The highest BCUT2D eigenvalue weighted by Crippen LogP contribution is 2.20. The number of carboxylic acids is 1. The molecule has 120 valence electrons. The number of aliphatic carboxylic acids is 1. The summed E-state index contributed by atoms with van der Waals surface area (Å²) in [5.74, 6) is -1.17. The molecule has 0 heterocycles. The zero-order chi connectivity index (χ0) is 16.5. The van der Waals surface area contributed by atoms with E-state index in [9.17, 15) is 14.4 Å². The van der Waals surface area contributed by atoms with Gasteiger partial charge in [0.25, 0.3) is 0 Å². The molecule has 0 spiro atoms. The molecule has 0 bridgehead atoms. The van der Waals surface area contributed by atoms with Gasteiger partial charge in [-0.15, -0.1) is 0 Å². The largest absolute Gasteiger partial charge is 0.481 e. The minimum Gasteiger partial charge on any atom is -0.481 e. The maximum absolute atomic E-state index is 11.9. The Morgan fingerprint density at radius 2 is 1.95 bits per heavy atom. The first-order valence-corrected chi connectivity index (χ1v) is 7.00. The third-order valence-electron chi connectivity index (χ3n) is 3.16. The molecule has 1 rings (SSSR count). The molecule has 0 aliphatic heterocycles. The van der Waals surface area contributed by atoms with E-state index in [2.05, 4.69) is 10.6 Å². The summed E-state index contributed by atoms with van der Waals surface area (Å²) < 4.78 is 0. The number of nitrogens with one attached hydrogen (secondary N) is 2. The van der Waals surface area contributed by atoms with E-state index >= 15 is 0 Å². The number of aryl methyl sites for hydroxylation is 1. The van der Waals surface area contributed by atoms with Gasteiger partial charge >= 0.3 is 12.0 Å². The number of carbonyl (C=O) groups excluding carboxylic acids is 2. The van der Waals surface area contributed by atoms with Crippen molar-refractivity contribution >= 4 is 17.9 Å². The lowest BCUT2D eigenvalue weighted by Gasteiger charge is -2.19.